The Morgan fingerprint density at radius 1 is 1.00 bits per heavy atom. The van der Waals surface area contributed by atoms with E-state index in [1.54, 1.807) is 11.8 Å². The lowest BCUT2D eigenvalue weighted by molar-refractivity contribution is -0.128. The quantitative estimate of drug-likeness (QED) is 0.725. The monoisotopic (exact) mass is 414 g/mol. The Kier molecular flexibility index (Phi) is 5.93. The van der Waals surface area contributed by atoms with Gasteiger partial charge in [-0.05, 0) is 54.7 Å². The van der Waals surface area contributed by atoms with Gasteiger partial charge >= 0.3 is 0 Å². The Hall–Kier alpha value is -1.98. The number of piperidine rings is 1. The molecule has 2 amide bonds. The smallest absolute Gasteiger partial charge is 0.253 e. The molecule has 2 aliphatic heterocycles. The van der Waals surface area contributed by atoms with Crippen LogP contribution in [-0.2, 0) is 11.3 Å². The third-order valence-corrected chi connectivity index (χ3v) is 6.83. The second kappa shape index (κ2) is 8.58. The minimum absolute atomic E-state index is 0.0256. The molecule has 4 nitrogen and oxygen atoms in total. The first-order chi connectivity index (χ1) is 13.6. The lowest BCUT2D eigenvalue weighted by atomic mass is 10.1. The van der Waals surface area contributed by atoms with Crippen molar-refractivity contribution in [1.29, 1.82) is 0 Å². The van der Waals surface area contributed by atoms with Crippen molar-refractivity contribution in [3.8, 4) is 0 Å². The Morgan fingerprint density at radius 3 is 2.36 bits per heavy atom. The molecule has 0 aromatic heterocycles. The van der Waals surface area contributed by atoms with Crippen molar-refractivity contribution in [2.45, 2.75) is 31.2 Å². The van der Waals surface area contributed by atoms with Gasteiger partial charge in [0.05, 0.1) is 5.75 Å². The van der Waals surface area contributed by atoms with Crippen molar-refractivity contribution >= 4 is 35.2 Å². The number of carbonyl (C=O) groups is 2. The SMILES string of the molecule is O=C(c1ccc([C@H]2SCC(=O)N2Cc2ccc(Cl)cc2)cc1)N1CCCCC1. The standard InChI is InChI=1S/C22H23ClN2O2S/c23-19-10-4-16(5-11-19)14-25-20(26)15-28-22(25)18-8-6-17(7-9-18)21(27)24-12-2-1-3-13-24/h4-11,22H,1-3,12-15H2/t22-/m1/s1. The zero-order valence-electron chi connectivity index (χ0n) is 15.6. The van der Waals surface area contributed by atoms with Crippen LogP contribution in [0.25, 0.3) is 0 Å². The van der Waals surface area contributed by atoms with Crippen molar-refractivity contribution in [3.05, 3.63) is 70.2 Å². The molecule has 6 heteroatoms. The maximum atomic E-state index is 12.7. The van der Waals surface area contributed by atoms with E-state index in [2.05, 4.69) is 0 Å². The molecule has 2 aromatic rings. The maximum absolute atomic E-state index is 12.7. The van der Waals surface area contributed by atoms with Gasteiger partial charge in [0.1, 0.15) is 5.37 Å². The van der Waals surface area contributed by atoms with Crippen molar-refractivity contribution in [2.24, 2.45) is 0 Å². The molecule has 2 saturated heterocycles. The summed E-state index contributed by atoms with van der Waals surface area (Å²) in [6.45, 7) is 2.26. The van der Waals surface area contributed by atoms with Crippen LogP contribution in [0.2, 0.25) is 5.02 Å². The Morgan fingerprint density at radius 2 is 1.68 bits per heavy atom. The highest BCUT2D eigenvalue weighted by atomic mass is 35.5. The zero-order chi connectivity index (χ0) is 19.5. The van der Waals surface area contributed by atoms with E-state index in [0.717, 1.165) is 42.6 Å². The number of carbonyl (C=O) groups excluding carboxylic acids is 2. The molecule has 0 spiro atoms. The highest BCUT2D eigenvalue weighted by molar-refractivity contribution is 8.00. The van der Waals surface area contributed by atoms with E-state index in [9.17, 15) is 9.59 Å². The Bertz CT molecular complexity index is 848. The highest BCUT2D eigenvalue weighted by Crippen LogP contribution is 2.39. The van der Waals surface area contributed by atoms with Crippen LogP contribution in [0.4, 0.5) is 0 Å². The Balaban J connectivity index is 1.48. The molecule has 2 fully saturated rings. The van der Waals surface area contributed by atoms with Crippen LogP contribution in [0.1, 0.15) is 46.1 Å². The lowest BCUT2D eigenvalue weighted by Gasteiger charge is -2.27. The topological polar surface area (TPSA) is 40.6 Å². The van der Waals surface area contributed by atoms with Crippen molar-refractivity contribution < 1.29 is 9.59 Å². The van der Waals surface area contributed by atoms with Gasteiger partial charge in [0.15, 0.2) is 0 Å². The largest absolute Gasteiger partial charge is 0.339 e. The fourth-order valence-corrected chi connectivity index (χ4v) is 5.07. The lowest BCUT2D eigenvalue weighted by Crippen LogP contribution is -2.35. The van der Waals surface area contributed by atoms with Crippen LogP contribution in [-0.4, -0.2) is 40.5 Å². The summed E-state index contributed by atoms with van der Waals surface area (Å²) in [6, 6.07) is 15.4. The zero-order valence-corrected chi connectivity index (χ0v) is 17.2. The summed E-state index contributed by atoms with van der Waals surface area (Å²) in [5.41, 5.74) is 2.84. The molecule has 146 valence electrons. The maximum Gasteiger partial charge on any atom is 0.253 e. The molecule has 0 radical (unpaired) electrons. The van der Waals surface area contributed by atoms with E-state index in [1.807, 2.05) is 58.3 Å². The third-order valence-electron chi connectivity index (χ3n) is 5.32. The number of rotatable bonds is 4. The third kappa shape index (κ3) is 4.20. The van der Waals surface area contributed by atoms with Crippen LogP contribution in [0.15, 0.2) is 48.5 Å². The summed E-state index contributed by atoms with van der Waals surface area (Å²) in [5, 5.41) is 0.665. The van der Waals surface area contributed by atoms with Crippen molar-refractivity contribution in [1.82, 2.24) is 9.80 Å². The molecule has 0 unspecified atom stereocenters. The molecule has 0 saturated carbocycles. The van der Waals surface area contributed by atoms with E-state index < -0.39 is 0 Å². The molecule has 0 bridgehead atoms. The first kappa shape index (κ1) is 19.3. The minimum atomic E-state index is -0.0256. The molecule has 28 heavy (non-hydrogen) atoms. The number of hydrogen-bond donors (Lipinski definition) is 0. The summed E-state index contributed by atoms with van der Waals surface area (Å²) >= 11 is 7.59. The summed E-state index contributed by atoms with van der Waals surface area (Å²) < 4.78 is 0. The van der Waals surface area contributed by atoms with Gasteiger partial charge in [0.25, 0.3) is 5.91 Å². The summed E-state index contributed by atoms with van der Waals surface area (Å²) in [6.07, 6.45) is 3.38. The molecule has 0 N–H and O–H groups in total. The molecule has 1 atom stereocenters. The number of thioether (sulfide) groups is 1. The average Bonchev–Trinajstić information content (AvgIpc) is 3.10. The summed E-state index contributed by atoms with van der Waals surface area (Å²) in [7, 11) is 0. The molecule has 2 aromatic carbocycles. The molecule has 2 aliphatic rings. The fraction of sp³-hybridized carbons (Fsp3) is 0.364. The van der Waals surface area contributed by atoms with E-state index in [4.69, 9.17) is 11.6 Å². The number of hydrogen-bond acceptors (Lipinski definition) is 3. The van der Waals surface area contributed by atoms with Crippen LogP contribution >= 0.6 is 23.4 Å². The van der Waals surface area contributed by atoms with Gasteiger partial charge in [-0.1, -0.05) is 35.9 Å². The first-order valence-corrected chi connectivity index (χ1v) is 11.1. The Labute approximate surface area is 174 Å². The van der Waals surface area contributed by atoms with Gasteiger partial charge in [-0.25, -0.2) is 0 Å². The number of amides is 2. The van der Waals surface area contributed by atoms with E-state index in [0.29, 0.717) is 17.3 Å². The highest BCUT2D eigenvalue weighted by Gasteiger charge is 2.33. The van der Waals surface area contributed by atoms with Gasteiger partial charge < -0.3 is 9.80 Å². The van der Waals surface area contributed by atoms with E-state index in [1.165, 1.54) is 6.42 Å². The van der Waals surface area contributed by atoms with Gasteiger partial charge in [-0.3, -0.25) is 9.59 Å². The normalized spacial score (nSPS) is 19.9. The number of likely N-dealkylation sites (tertiary alicyclic amines) is 1. The molecule has 2 heterocycles. The fourth-order valence-electron chi connectivity index (χ4n) is 3.76. The summed E-state index contributed by atoms with van der Waals surface area (Å²) in [4.78, 5) is 28.9. The minimum Gasteiger partial charge on any atom is -0.339 e. The molecule has 0 aliphatic carbocycles. The summed E-state index contributed by atoms with van der Waals surface area (Å²) in [5.74, 6) is 0.727. The van der Waals surface area contributed by atoms with Gasteiger partial charge in [0.2, 0.25) is 5.91 Å². The van der Waals surface area contributed by atoms with Crippen molar-refractivity contribution in [2.75, 3.05) is 18.8 Å². The number of benzene rings is 2. The predicted octanol–water partition coefficient (Wildman–Crippen LogP) is 4.74. The van der Waals surface area contributed by atoms with Crippen LogP contribution in [0.3, 0.4) is 0 Å². The van der Waals surface area contributed by atoms with Gasteiger partial charge in [0, 0.05) is 30.2 Å². The molecular formula is C22H23ClN2O2S. The average molecular weight is 415 g/mol. The van der Waals surface area contributed by atoms with Crippen LogP contribution < -0.4 is 0 Å². The predicted molar refractivity (Wildman–Crippen MR) is 113 cm³/mol. The molecule has 4 rings (SSSR count). The molecular weight excluding hydrogens is 392 g/mol. The first-order valence-electron chi connectivity index (χ1n) is 9.66. The van der Waals surface area contributed by atoms with Gasteiger partial charge in [-0.2, -0.15) is 0 Å². The number of nitrogens with zero attached hydrogens (tertiary/aromatic N) is 2. The second-order valence-electron chi connectivity index (χ2n) is 7.29. The second-order valence-corrected chi connectivity index (χ2v) is 8.79. The van der Waals surface area contributed by atoms with E-state index >= 15 is 0 Å². The van der Waals surface area contributed by atoms with Crippen LogP contribution in [0, 0.1) is 0 Å². The van der Waals surface area contributed by atoms with Gasteiger partial charge in [-0.15, -0.1) is 11.8 Å². The van der Waals surface area contributed by atoms with Crippen LogP contribution in [0.5, 0.6) is 0 Å². The number of halogens is 1. The van der Waals surface area contributed by atoms with E-state index in [-0.39, 0.29) is 17.2 Å². The van der Waals surface area contributed by atoms with Crippen molar-refractivity contribution in [3.63, 3.8) is 0 Å².